The third kappa shape index (κ3) is 4.26. The van der Waals surface area contributed by atoms with Crippen molar-refractivity contribution in [2.24, 2.45) is 0 Å². The van der Waals surface area contributed by atoms with E-state index in [-0.39, 0.29) is 24.1 Å². The zero-order chi connectivity index (χ0) is 16.9. The second kappa shape index (κ2) is 7.66. The van der Waals surface area contributed by atoms with E-state index in [2.05, 4.69) is 10.6 Å². The van der Waals surface area contributed by atoms with Gasteiger partial charge < -0.3 is 20.6 Å². The molecule has 1 aliphatic carbocycles. The highest BCUT2D eigenvalue weighted by molar-refractivity contribution is 5.95. The molecule has 0 radical (unpaired) electrons. The van der Waals surface area contributed by atoms with Crippen LogP contribution in [0.2, 0.25) is 0 Å². The van der Waals surface area contributed by atoms with Gasteiger partial charge in [-0.2, -0.15) is 0 Å². The number of piperidine rings is 1. The van der Waals surface area contributed by atoms with E-state index in [0.29, 0.717) is 12.1 Å². The number of benzene rings is 1. The van der Waals surface area contributed by atoms with E-state index in [0.717, 1.165) is 50.8 Å². The second-order valence-electron chi connectivity index (χ2n) is 6.66. The van der Waals surface area contributed by atoms with E-state index in [1.54, 1.807) is 4.90 Å². The van der Waals surface area contributed by atoms with Crippen molar-refractivity contribution in [1.82, 2.24) is 5.32 Å². The predicted octanol–water partition coefficient (Wildman–Crippen LogP) is 2.63. The van der Waals surface area contributed by atoms with Crippen molar-refractivity contribution in [2.75, 3.05) is 16.8 Å². The Kier molecular flexibility index (Phi) is 5.35. The van der Waals surface area contributed by atoms with Crippen molar-refractivity contribution in [3.8, 4) is 0 Å². The zero-order valence-electron chi connectivity index (χ0n) is 13.8. The molecule has 0 spiro atoms. The van der Waals surface area contributed by atoms with Gasteiger partial charge in [-0.15, -0.1) is 0 Å². The molecule has 0 unspecified atom stereocenters. The van der Waals surface area contributed by atoms with Gasteiger partial charge in [-0.05, 0) is 56.7 Å². The number of carbonyl (C=O) groups excluding carboxylic acids is 2. The first-order chi connectivity index (χ1) is 11.6. The average Bonchev–Trinajstić information content (AvgIpc) is 2.57. The largest absolute Gasteiger partial charge is 0.393 e. The van der Waals surface area contributed by atoms with Gasteiger partial charge in [0, 0.05) is 30.4 Å². The summed E-state index contributed by atoms with van der Waals surface area (Å²) in [7, 11) is 0. The van der Waals surface area contributed by atoms with E-state index < -0.39 is 0 Å². The Morgan fingerprint density at radius 1 is 1.17 bits per heavy atom. The molecule has 2 fully saturated rings. The second-order valence-corrected chi connectivity index (χ2v) is 6.66. The first-order valence-electron chi connectivity index (χ1n) is 8.78. The van der Waals surface area contributed by atoms with Crippen LogP contribution in [0.4, 0.5) is 16.2 Å². The SMILES string of the molecule is O=C(Nc1cccc(N2CCCCC2=O)c1)NC1CCC(O)CC1. The van der Waals surface area contributed by atoms with Crippen molar-refractivity contribution in [3.05, 3.63) is 24.3 Å². The first-order valence-corrected chi connectivity index (χ1v) is 8.78. The first kappa shape index (κ1) is 16.8. The Bertz CT molecular complexity index is 597. The summed E-state index contributed by atoms with van der Waals surface area (Å²) in [6.45, 7) is 0.735. The predicted molar refractivity (Wildman–Crippen MR) is 93.1 cm³/mol. The fourth-order valence-corrected chi connectivity index (χ4v) is 3.40. The number of nitrogens with one attached hydrogen (secondary N) is 2. The molecule has 1 aliphatic heterocycles. The lowest BCUT2D eigenvalue weighted by molar-refractivity contribution is -0.119. The number of hydrogen-bond acceptors (Lipinski definition) is 3. The van der Waals surface area contributed by atoms with Crippen LogP contribution < -0.4 is 15.5 Å². The topological polar surface area (TPSA) is 81.7 Å². The molecule has 3 N–H and O–H groups in total. The maximum absolute atomic E-state index is 12.1. The van der Waals surface area contributed by atoms with Gasteiger partial charge in [0.05, 0.1) is 6.10 Å². The normalized spacial score (nSPS) is 24.5. The molecule has 1 heterocycles. The van der Waals surface area contributed by atoms with Crippen LogP contribution in [0, 0.1) is 0 Å². The van der Waals surface area contributed by atoms with E-state index in [1.807, 2.05) is 24.3 Å². The van der Waals surface area contributed by atoms with Crippen molar-refractivity contribution >= 4 is 23.3 Å². The fourth-order valence-electron chi connectivity index (χ4n) is 3.40. The number of anilines is 2. The van der Waals surface area contributed by atoms with Gasteiger partial charge >= 0.3 is 6.03 Å². The number of urea groups is 1. The molecule has 0 atom stereocenters. The molecule has 1 aromatic rings. The van der Waals surface area contributed by atoms with Gasteiger partial charge in [0.25, 0.3) is 0 Å². The molecule has 1 saturated carbocycles. The summed E-state index contributed by atoms with van der Waals surface area (Å²) < 4.78 is 0. The standard InChI is InChI=1S/C18H25N3O3/c22-16-9-7-13(8-10-16)19-18(24)20-14-4-3-5-15(12-14)21-11-2-1-6-17(21)23/h3-5,12-13,16,22H,1-2,6-11H2,(H2,19,20,24). The lowest BCUT2D eigenvalue weighted by atomic mass is 9.93. The van der Waals surface area contributed by atoms with E-state index in [9.17, 15) is 14.7 Å². The molecule has 130 valence electrons. The van der Waals surface area contributed by atoms with Crippen LogP contribution in [0.3, 0.4) is 0 Å². The third-order valence-electron chi connectivity index (χ3n) is 4.77. The van der Waals surface area contributed by atoms with Crippen molar-refractivity contribution in [3.63, 3.8) is 0 Å². The Labute approximate surface area is 142 Å². The van der Waals surface area contributed by atoms with Gasteiger partial charge in [-0.1, -0.05) is 6.07 Å². The summed E-state index contributed by atoms with van der Waals surface area (Å²) in [5.41, 5.74) is 1.51. The molecule has 1 saturated heterocycles. The Hall–Kier alpha value is -2.08. The molecule has 1 aromatic carbocycles. The highest BCUT2D eigenvalue weighted by Crippen LogP contribution is 2.24. The van der Waals surface area contributed by atoms with Crippen LogP contribution in [0.1, 0.15) is 44.9 Å². The average molecular weight is 331 g/mol. The fraction of sp³-hybridized carbons (Fsp3) is 0.556. The molecule has 3 rings (SSSR count). The number of rotatable bonds is 3. The highest BCUT2D eigenvalue weighted by atomic mass is 16.3. The molecule has 0 bridgehead atoms. The van der Waals surface area contributed by atoms with Crippen LogP contribution in [0.25, 0.3) is 0 Å². The number of carbonyl (C=O) groups is 2. The molecule has 2 aliphatic rings. The van der Waals surface area contributed by atoms with Gasteiger partial charge in [-0.25, -0.2) is 4.79 Å². The molecule has 24 heavy (non-hydrogen) atoms. The summed E-state index contributed by atoms with van der Waals surface area (Å²) in [6.07, 6.45) is 5.39. The Balaban J connectivity index is 1.58. The maximum atomic E-state index is 12.1. The monoisotopic (exact) mass is 331 g/mol. The lowest BCUT2D eigenvalue weighted by Crippen LogP contribution is -2.41. The Morgan fingerprint density at radius 2 is 1.96 bits per heavy atom. The molecular formula is C18H25N3O3. The van der Waals surface area contributed by atoms with Crippen molar-refractivity contribution in [2.45, 2.75) is 57.1 Å². The van der Waals surface area contributed by atoms with Crippen LogP contribution in [0.5, 0.6) is 0 Å². The molecule has 3 amide bonds. The van der Waals surface area contributed by atoms with Crippen LogP contribution in [-0.4, -0.2) is 35.7 Å². The smallest absolute Gasteiger partial charge is 0.319 e. The lowest BCUT2D eigenvalue weighted by Gasteiger charge is -2.27. The molecule has 6 nitrogen and oxygen atoms in total. The number of nitrogens with zero attached hydrogens (tertiary/aromatic N) is 1. The molecule has 6 heteroatoms. The highest BCUT2D eigenvalue weighted by Gasteiger charge is 2.22. The van der Waals surface area contributed by atoms with Gasteiger partial charge in [0.2, 0.25) is 5.91 Å². The summed E-state index contributed by atoms with van der Waals surface area (Å²) in [6, 6.07) is 7.28. The summed E-state index contributed by atoms with van der Waals surface area (Å²) in [5.74, 6) is 0.142. The van der Waals surface area contributed by atoms with Crippen LogP contribution in [-0.2, 0) is 4.79 Å². The van der Waals surface area contributed by atoms with Gasteiger partial charge in [0.15, 0.2) is 0 Å². The number of hydrogen-bond donors (Lipinski definition) is 3. The summed E-state index contributed by atoms with van der Waals surface area (Å²) in [4.78, 5) is 26.0. The molecular weight excluding hydrogens is 306 g/mol. The van der Waals surface area contributed by atoms with Gasteiger partial charge in [0.1, 0.15) is 0 Å². The number of aliphatic hydroxyl groups is 1. The van der Waals surface area contributed by atoms with Crippen molar-refractivity contribution in [1.29, 1.82) is 0 Å². The summed E-state index contributed by atoms with van der Waals surface area (Å²) in [5, 5.41) is 15.3. The number of aliphatic hydroxyl groups excluding tert-OH is 1. The maximum Gasteiger partial charge on any atom is 0.319 e. The minimum atomic E-state index is -0.237. The van der Waals surface area contributed by atoms with Crippen molar-refractivity contribution < 1.29 is 14.7 Å². The zero-order valence-corrected chi connectivity index (χ0v) is 13.8. The minimum absolute atomic E-state index is 0.111. The number of amides is 3. The summed E-state index contributed by atoms with van der Waals surface area (Å²) >= 11 is 0. The third-order valence-corrected chi connectivity index (χ3v) is 4.77. The molecule has 0 aromatic heterocycles. The quantitative estimate of drug-likeness (QED) is 0.796. The van der Waals surface area contributed by atoms with E-state index >= 15 is 0 Å². The van der Waals surface area contributed by atoms with Gasteiger partial charge in [-0.3, -0.25) is 4.79 Å². The minimum Gasteiger partial charge on any atom is -0.393 e. The van der Waals surface area contributed by atoms with Crippen LogP contribution >= 0.6 is 0 Å². The van der Waals surface area contributed by atoms with Crippen LogP contribution in [0.15, 0.2) is 24.3 Å². The van der Waals surface area contributed by atoms with E-state index in [4.69, 9.17) is 0 Å². The van der Waals surface area contributed by atoms with E-state index in [1.165, 1.54) is 0 Å². The Morgan fingerprint density at radius 3 is 2.71 bits per heavy atom.